The molecule has 3 aromatic rings. The molecule has 3 nitrogen and oxygen atoms in total. The molecule has 25 heavy (non-hydrogen) atoms. The summed E-state index contributed by atoms with van der Waals surface area (Å²) in [6.07, 6.45) is 0.806. The van der Waals surface area contributed by atoms with Gasteiger partial charge in [0.15, 0.2) is 0 Å². The van der Waals surface area contributed by atoms with Crippen LogP contribution in [0.4, 0.5) is 0 Å². The van der Waals surface area contributed by atoms with Crippen molar-refractivity contribution in [2.75, 3.05) is 6.61 Å². The Kier molecular flexibility index (Phi) is 5.83. The highest BCUT2D eigenvalue weighted by Crippen LogP contribution is 2.18. The first-order chi connectivity index (χ1) is 12.3. The molecular weight excluding hydrogens is 310 g/mol. The predicted octanol–water partition coefficient (Wildman–Crippen LogP) is 4.24. The van der Waals surface area contributed by atoms with Crippen LogP contribution in [0.3, 0.4) is 0 Å². The van der Waals surface area contributed by atoms with Crippen molar-refractivity contribution in [1.82, 2.24) is 5.32 Å². The van der Waals surface area contributed by atoms with E-state index >= 15 is 0 Å². The molecule has 0 unspecified atom stereocenters. The van der Waals surface area contributed by atoms with E-state index in [-0.39, 0.29) is 5.91 Å². The molecule has 0 spiro atoms. The highest BCUT2D eigenvalue weighted by molar-refractivity contribution is 5.96. The van der Waals surface area contributed by atoms with Crippen molar-refractivity contribution in [3.05, 3.63) is 102 Å². The largest absolute Gasteiger partial charge is 0.492 e. The number of nitrogens with one attached hydrogen (secondary N) is 1. The molecule has 1 amide bonds. The maximum absolute atomic E-state index is 12.5. The lowest BCUT2D eigenvalue weighted by molar-refractivity contribution is 0.0947. The van der Waals surface area contributed by atoms with Crippen molar-refractivity contribution in [3.8, 4) is 5.75 Å². The van der Waals surface area contributed by atoms with Crippen molar-refractivity contribution >= 4 is 5.91 Å². The van der Waals surface area contributed by atoms with Crippen LogP contribution in [-0.2, 0) is 13.0 Å². The number of carbonyl (C=O) groups excluding carboxylic acids is 1. The Morgan fingerprint density at radius 2 is 1.36 bits per heavy atom. The zero-order valence-electron chi connectivity index (χ0n) is 14.0. The average molecular weight is 331 g/mol. The lowest BCUT2D eigenvalue weighted by Gasteiger charge is -2.12. The van der Waals surface area contributed by atoms with E-state index in [1.54, 1.807) is 6.07 Å². The summed E-state index contributed by atoms with van der Waals surface area (Å²) in [7, 11) is 0. The van der Waals surface area contributed by atoms with E-state index in [9.17, 15) is 4.79 Å². The van der Waals surface area contributed by atoms with Crippen LogP contribution in [0, 0.1) is 0 Å². The van der Waals surface area contributed by atoms with Gasteiger partial charge in [0.2, 0.25) is 0 Å². The van der Waals surface area contributed by atoms with Gasteiger partial charge in [0.25, 0.3) is 5.91 Å². The van der Waals surface area contributed by atoms with Crippen molar-refractivity contribution in [2.24, 2.45) is 0 Å². The van der Waals surface area contributed by atoms with E-state index in [1.165, 1.54) is 5.56 Å². The number of carbonyl (C=O) groups is 1. The van der Waals surface area contributed by atoms with E-state index in [0.29, 0.717) is 24.5 Å². The predicted molar refractivity (Wildman–Crippen MR) is 99.7 cm³/mol. The van der Waals surface area contributed by atoms with E-state index in [1.807, 2.05) is 66.7 Å². The maximum Gasteiger partial charge on any atom is 0.255 e. The second kappa shape index (κ2) is 8.69. The summed E-state index contributed by atoms with van der Waals surface area (Å²) < 4.78 is 5.85. The molecule has 0 aliphatic heterocycles. The summed E-state index contributed by atoms with van der Waals surface area (Å²) in [6, 6.07) is 27.4. The van der Waals surface area contributed by atoms with Gasteiger partial charge in [-0.2, -0.15) is 0 Å². The maximum atomic E-state index is 12.5. The first-order valence-electron chi connectivity index (χ1n) is 8.41. The number of hydrogen-bond acceptors (Lipinski definition) is 2. The third-order valence-corrected chi connectivity index (χ3v) is 3.92. The highest BCUT2D eigenvalue weighted by atomic mass is 16.5. The number of benzene rings is 3. The highest BCUT2D eigenvalue weighted by Gasteiger charge is 2.11. The van der Waals surface area contributed by atoms with E-state index in [2.05, 4.69) is 17.4 Å². The minimum atomic E-state index is -0.126. The third kappa shape index (κ3) is 4.95. The molecule has 0 radical (unpaired) electrons. The van der Waals surface area contributed by atoms with E-state index in [0.717, 1.165) is 12.0 Å². The van der Waals surface area contributed by atoms with Crippen molar-refractivity contribution in [1.29, 1.82) is 0 Å². The molecule has 0 atom stereocenters. The van der Waals surface area contributed by atoms with Crippen molar-refractivity contribution < 1.29 is 9.53 Å². The van der Waals surface area contributed by atoms with E-state index in [4.69, 9.17) is 4.74 Å². The van der Waals surface area contributed by atoms with Crippen LogP contribution < -0.4 is 10.1 Å². The second-order valence-corrected chi connectivity index (χ2v) is 5.75. The quantitative estimate of drug-likeness (QED) is 0.703. The minimum Gasteiger partial charge on any atom is -0.492 e. The van der Waals surface area contributed by atoms with Crippen LogP contribution in [-0.4, -0.2) is 12.5 Å². The Morgan fingerprint density at radius 3 is 2.08 bits per heavy atom. The number of ether oxygens (including phenoxy) is 1. The average Bonchev–Trinajstić information content (AvgIpc) is 2.68. The van der Waals surface area contributed by atoms with Crippen LogP contribution in [0.1, 0.15) is 21.5 Å². The Bertz CT molecular complexity index is 801. The fourth-order valence-corrected chi connectivity index (χ4v) is 2.58. The SMILES string of the molecule is O=C(NCc1ccccc1)c1ccccc1OCCc1ccccc1. The first-order valence-corrected chi connectivity index (χ1v) is 8.41. The Morgan fingerprint density at radius 1 is 0.760 bits per heavy atom. The first kappa shape index (κ1) is 16.8. The number of rotatable bonds is 7. The molecule has 0 saturated heterocycles. The summed E-state index contributed by atoms with van der Waals surface area (Å²) in [5.41, 5.74) is 2.85. The van der Waals surface area contributed by atoms with Crippen molar-refractivity contribution in [2.45, 2.75) is 13.0 Å². The molecule has 126 valence electrons. The van der Waals surface area contributed by atoms with Crippen LogP contribution >= 0.6 is 0 Å². The summed E-state index contributed by atoms with van der Waals surface area (Å²) in [4.78, 5) is 12.5. The molecule has 0 fully saturated rings. The lowest BCUT2D eigenvalue weighted by atomic mass is 10.1. The summed E-state index contributed by atoms with van der Waals surface area (Å²) in [5.74, 6) is 0.489. The minimum absolute atomic E-state index is 0.126. The molecule has 3 rings (SSSR count). The zero-order chi connectivity index (χ0) is 17.3. The number of para-hydroxylation sites is 1. The van der Waals surface area contributed by atoms with Gasteiger partial charge in [-0.05, 0) is 23.3 Å². The van der Waals surface area contributed by atoms with Gasteiger partial charge >= 0.3 is 0 Å². The summed E-state index contributed by atoms with van der Waals surface area (Å²) in [6.45, 7) is 1.03. The molecule has 0 saturated carbocycles. The fourth-order valence-electron chi connectivity index (χ4n) is 2.58. The van der Waals surface area contributed by atoms with Gasteiger partial charge in [0.1, 0.15) is 5.75 Å². The van der Waals surface area contributed by atoms with Crippen LogP contribution in [0.5, 0.6) is 5.75 Å². The molecule has 0 aromatic heterocycles. The van der Waals surface area contributed by atoms with E-state index < -0.39 is 0 Å². The zero-order valence-corrected chi connectivity index (χ0v) is 14.0. The van der Waals surface area contributed by atoms with Crippen LogP contribution in [0.25, 0.3) is 0 Å². The Hall–Kier alpha value is -3.07. The summed E-state index contributed by atoms with van der Waals surface area (Å²) in [5, 5.41) is 2.94. The standard InChI is InChI=1S/C22H21NO2/c24-22(23-17-19-11-5-2-6-12-19)20-13-7-8-14-21(20)25-16-15-18-9-3-1-4-10-18/h1-14H,15-17H2,(H,23,24). The van der Waals surface area contributed by atoms with Gasteiger partial charge in [0, 0.05) is 13.0 Å². The molecule has 0 aliphatic carbocycles. The van der Waals surface area contributed by atoms with Crippen LogP contribution in [0.2, 0.25) is 0 Å². The number of amides is 1. The fraction of sp³-hybridized carbons (Fsp3) is 0.136. The Labute approximate surface area is 148 Å². The summed E-state index contributed by atoms with van der Waals surface area (Å²) >= 11 is 0. The molecule has 1 N–H and O–H groups in total. The monoisotopic (exact) mass is 331 g/mol. The molecule has 0 heterocycles. The number of hydrogen-bond donors (Lipinski definition) is 1. The third-order valence-electron chi connectivity index (χ3n) is 3.92. The van der Waals surface area contributed by atoms with Gasteiger partial charge in [-0.15, -0.1) is 0 Å². The van der Waals surface area contributed by atoms with Crippen molar-refractivity contribution in [3.63, 3.8) is 0 Å². The molecule has 0 aliphatic rings. The molecule has 3 aromatic carbocycles. The molecule has 3 heteroatoms. The lowest BCUT2D eigenvalue weighted by Crippen LogP contribution is -2.23. The smallest absolute Gasteiger partial charge is 0.255 e. The molecule has 0 bridgehead atoms. The second-order valence-electron chi connectivity index (χ2n) is 5.75. The van der Waals surface area contributed by atoms with Gasteiger partial charge in [0.05, 0.1) is 12.2 Å². The Balaban J connectivity index is 1.59. The van der Waals surface area contributed by atoms with Gasteiger partial charge in [-0.3, -0.25) is 4.79 Å². The van der Waals surface area contributed by atoms with Gasteiger partial charge < -0.3 is 10.1 Å². The molecular formula is C22H21NO2. The topological polar surface area (TPSA) is 38.3 Å². The normalized spacial score (nSPS) is 10.2. The van der Waals surface area contributed by atoms with Gasteiger partial charge in [-0.1, -0.05) is 72.8 Å². The van der Waals surface area contributed by atoms with Gasteiger partial charge in [-0.25, -0.2) is 0 Å². The van der Waals surface area contributed by atoms with Crippen LogP contribution in [0.15, 0.2) is 84.9 Å².